The van der Waals surface area contributed by atoms with Crippen molar-refractivity contribution in [3.63, 3.8) is 0 Å². The Balaban J connectivity index is 2.68. The Hall–Kier alpha value is -1.88. The normalized spacial score (nSPS) is 23.4. The number of Topliss-reactive ketones (excluding diaryl/α,β-unsaturated/α-hetero) is 1. The van der Waals surface area contributed by atoms with Crippen LogP contribution in [0, 0.1) is 16.7 Å². The maximum absolute atomic E-state index is 12.6. The Morgan fingerprint density at radius 2 is 1.95 bits per heavy atom. The summed E-state index contributed by atoms with van der Waals surface area (Å²) in [5.74, 6) is -0.0600. The molecule has 1 aliphatic carbocycles. The van der Waals surface area contributed by atoms with E-state index in [-0.39, 0.29) is 11.2 Å². The van der Waals surface area contributed by atoms with Crippen LogP contribution in [0.2, 0.25) is 0 Å². The van der Waals surface area contributed by atoms with Crippen LogP contribution in [-0.4, -0.2) is 5.78 Å². The van der Waals surface area contributed by atoms with Crippen molar-refractivity contribution in [1.29, 1.82) is 5.26 Å². The number of rotatable bonds is 2. The number of carbonyl (C=O) groups is 1. The molecule has 0 spiro atoms. The number of benzene rings is 1. The molecule has 0 bridgehead atoms. The van der Waals surface area contributed by atoms with Gasteiger partial charge < -0.3 is 0 Å². The lowest BCUT2D eigenvalue weighted by atomic mass is 9.80. The predicted molar refractivity (Wildman–Crippen MR) is 85.7 cm³/mol. The SMILES string of the molecule is CCC1(C)C/C(=C(/C#N)C(=O)C(C)(C)C)c2ccccc21. The summed E-state index contributed by atoms with van der Waals surface area (Å²) in [5.41, 5.74) is 3.10. The molecule has 110 valence electrons. The van der Waals surface area contributed by atoms with Gasteiger partial charge in [-0.2, -0.15) is 5.26 Å². The smallest absolute Gasteiger partial charge is 0.178 e. The molecule has 2 nitrogen and oxygen atoms in total. The fourth-order valence-corrected chi connectivity index (χ4v) is 3.02. The van der Waals surface area contributed by atoms with Crippen molar-refractivity contribution >= 4 is 11.4 Å². The second-order valence-corrected chi connectivity index (χ2v) is 7.18. The number of nitriles is 1. The molecule has 21 heavy (non-hydrogen) atoms. The molecule has 1 aliphatic rings. The Kier molecular flexibility index (Phi) is 3.80. The molecule has 0 saturated heterocycles. The lowest BCUT2D eigenvalue weighted by Crippen LogP contribution is -2.22. The van der Waals surface area contributed by atoms with Crippen molar-refractivity contribution in [2.45, 2.75) is 52.9 Å². The van der Waals surface area contributed by atoms with Crippen LogP contribution in [0.4, 0.5) is 0 Å². The number of carbonyl (C=O) groups excluding carboxylic acids is 1. The van der Waals surface area contributed by atoms with Gasteiger partial charge in [-0.25, -0.2) is 0 Å². The molecule has 0 aromatic heterocycles. The highest BCUT2D eigenvalue weighted by Gasteiger charge is 2.39. The molecule has 0 radical (unpaired) electrons. The summed E-state index contributed by atoms with van der Waals surface area (Å²) in [4.78, 5) is 12.6. The number of ketones is 1. The lowest BCUT2D eigenvalue weighted by Gasteiger charge is -2.23. The monoisotopic (exact) mass is 281 g/mol. The zero-order valence-electron chi connectivity index (χ0n) is 13.6. The van der Waals surface area contributed by atoms with Gasteiger partial charge in [-0.1, -0.05) is 58.9 Å². The Labute approximate surface area is 127 Å². The van der Waals surface area contributed by atoms with Crippen LogP contribution in [0.15, 0.2) is 29.8 Å². The van der Waals surface area contributed by atoms with E-state index in [9.17, 15) is 10.1 Å². The molecule has 0 fully saturated rings. The van der Waals surface area contributed by atoms with E-state index in [1.807, 2.05) is 39.0 Å². The standard InChI is InChI=1S/C19H23NO/c1-6-19(5)11-14(13-9-7-8-10-16(13)19)15(12-20)17(21)18(2,3)4/h7-10H,6,11H2,1-5H3/b15-14+. The van der Waals surface area contributed by atoms with Crippen LogP contribution in [-0.2, 0) is 10.2 Å². The van der Waals surface area contributed by atoms with E-state index >= 15 is 0 Å². The molecule has 0 heterocycles. The maximum Gasteiger partial charge on any atom is 0.178 e. The second-order valence-electron chi connectivity index (χ2n) is 7.18. The predicted octanol–water partition coefficient (Wildman–Crippen LogP) is 4.65. The van der Waals surface area contributed by atoms with E-state index < -0.39 is 5.41 Å². The maximum atomic E-state index is 12.6. The van der Waals surface area contributed by atoms with Crippen LogP contribution in [0.25, 0.3) is 5.57 Å². The van der Waals surface area contributed by atoms with Gasteiger partial charge >= 0.3 is 0 Å². The third-order valence-corrected chi connectivity index (χ3v) is 4.57. The number of allylic oxidation sites excluding steroid dienone is 2. The van der Waals surface area contributed by atoms with Crippen LogP contribution in [0.1, 0.15) is 58.6 Å². The summed E-state index contributed by atoms with van der Waals surface area (Å²) in [5, 5.41) is 9.56. The molecular formula is C19H23NO. The summed E-state index contributed by atoms with van der Waals surface area (Å²) in [7, 11) is 0. The van der Waals surface area contributed by atoms with Gasteiger partial charge in [-0.05, 0) is 35.0 Å². The lowest BCUT2D eigenvalue weighted by molar-refractivity contribution is -0.122. The van der Waals surface area contributed by atoms with E-state index in [0.717, 1.165) is 24.0 Å². The molecule has 2 heteroatoms. The fraction of sp³-hybridized carbons (Fsp3) is 0.474. The average Bonchev–Trinajstić information content (AvgIpc) is 2.74. The largest absolute Gasteiger partial charge is 0.293 e. The van der Waals surface area contributed by atoms with Gasteiger partial charge in [0.15, 0.2) is 5.78 Å². The van der Waals surface area contributed by atoms with Crippen molar-refractivity contribution in [3.8, 4) is 6.07 Å². The van der Waals surface area contributed by atoms with Crippen molar-refractivity contribution in [1.82, 2.24) is 0 Å². The van der Waals surface area contributed by atoms with Crippen molar-refractivity contribution in [3.05, 3.63) is 41.0 Å². The number of nitrogens with zero attached hydrogens (tertiary/aromatic N) is 1. The van der Waals surface area contributed by atoms with Gasteiger partial charge in [0.1, 0.15) is 6.07 Å². The van der Waals surface area contributed by atoms with E-state index in [2.05, 4.69) is 26.0 Å². The second kappa shape index (κ2) is 5.15. The van der Waals surface area contributed by atoms with Gasteiger partial charge in [0.2, 0.25) is 0 Å². The molecule has 0 aliphatic heterocycles. The Morgan fingerprint density at radius 1 is 1.33 bits per heavy atom. The first-order chi connectivity index (χ1) is 9.74. The van der Waals surface area contributed by atoms with E-state index in [0.29, 0.717) is 5.57 Å². The van der Waals surface area contributed by atoms with Crippen LogP contribution >= 0.6 is 0 Å². The zero-order chi connectivity index (χ0) is 15.8. The molecule has 1 atom stereocenters. The number of hydrogen-bond donors (Lipinski definition) is 0. The van der Waals surface area contributed by atoms with Crippen molar-refractivity contribution in [2.24, 2.45) is 5.41 Å². The third-order valence-electron chi connectivity index (χ3n) is 4.57. The van der Waals surface area contributed by atoms with E-state index in [1.54, 1.807) is 0 Å². The highest BCUT2D eigenvalue weighted by molar-refractivity contribution is 6.09. The summed E-state index contributed by atoms with van der Waals surface area (Å²) < 4.78 is 0. The molecule has 0 N–H and O–H groups in total. The average molecular weight is 281 g/mol. The summed E-state index contributed by atoms with van der Waals surface area (Å²) in [6.45, 7) is 9.99. The molecule has 0 amide bonds. The summed E-state index contributed by atoms with van der Waals surface area (Å²) in [6.07, 6.45) is 1.77. The molecule has 0 saturated carbocycles. The Bertz CT molecular complexity index is 655. The van der Waals surface area contributed by atoms with Gasteiger partial charge in [0.05, 0.1) is 5.57 Å². The molecule has 1 aromatic rings. The third kappa shape index (κ3) is 2.53. The van der Waals surface area contributed by atoms with Gasteiger partial charge in [-0.15, -0.1) is 0 Å². The number of hydrogen-bond acceptors (Lipinski definition) is 2. The summed E-state index contributed by atoms with van der Waals surface area (Å²) in [6, 6.07) is 10.4. The van der Waals surface area contributed by atoms with E-state index in [4.69, 9.17) is 0 Å². The van der Waals surface area contributed by atoms with Crippen molar-refractivity contribution in [2.75, 3.05) is 0 Å². The minimum absolute atomic E-state index is 0.0200. The van der Waals surface area contributed by atoms with E-state index in [1.165, 1.54) is 5.56 Å². The minimum atomic E-state index is -0.530. The topological polar surface area (TPSA) is 40.9 Å². The van der Waals surface area contributed by atoms with Crippen LogP contribution in [0.5, 0.6) is 0 Å². The Morgan fingerprint density at radius 3 is 2.48 bits per heavy atom. The zero-order valence-corrected chi connectivity index (χ0v) is 13.6. The molecule has 2 rings (SSSR count). The highest BCUT2D eigenvalue weighted by atomic mass is 16.1. The minimum Gasteiger partial charge on any atom is -0.293 e. The first-order valence-electron chi connectivity index (χ1n) is 7.52. The fourth-order valence-electron chi connectivity index (χ4n) is 3.02. The van der Waals surface area contributed by atoms with Crippen molar-refractivity contribution < 1.29 is 4.79 Å². The first-order valence-corrected chi connectivity index (χ1v) is 7.52. The van der Waals surface area contributed by atoms with Crippen LogP contribution in [0.3, 0.4) is 0 Å². The number of fused-ring (bicyclic) bond motifs is 1. The van der Waals surface area contributed by atoms with Gasteiger partial charge in [0, 0.05) is 5.41 Å². The van der Waals surface area contributed by atoms with Gasteiger partial charge in [-0.3, -0.25) is 4.79 Å². The first kappa shape index (κ1) is 15.5. The molecule has 1 unspecified atom stereocenters. The van der Waals surface area contributed by atoms with Crippen LogP contribution < -0.4 is 0 Å². The highest BCUT2D eigenvalue weighted by Crippen LogP contribution is 2.49. The quantitative estimate of drug-likeness (QED) is 0.585. The molecular weight excluding hydrogens is 258 g/mol. The van der Waals surface area contributed by atoms with Gasteiger partial charge in [0.25, 0.3) is 0 Å². The summed E-state index contributed by atoms with van der Waals surface area (Å²) >= 11 is 0. The molecule has 1 aromatic carbocycles.